The number of thiazole rings is 1. The zero-order valence-electron chi connectivity index (χ0n) is 11.5. The van der Waals surface area contributed by atoms with Gasteiger partial charge in [-0.2, -0.15) is 0 Å². The van der Waals surface area contributed by atoms with Gasteiger partial charge in [0.25, 0.3) is 0 Å². The van der Waals surface area contributed by atoms with Crippen molar-refractivity contribution in [1.82, 2.24) is 4.98 Å². The maximum absolute atomic E-state index is 10.9. The molecular weight excluding hydrogens is 244 g/mol. The highest BCUT2D eigenvalue weighted by atomic mass is 32.1. The molecule has 1 fully saturated rings. The van der Waals surface area contributed by atoms with Gasteiger partial charge in [-0.15, -0.1) is 0 Å². The summed E-state index contributed by atoms with van der Waals surface area (Å²) >= 11 is 1.53. The summed E-state index contributed by atoms with van der Waals surface area (Å²) in [5, 5.41) is 1.03. The quantitative estimate of drug-likeness (QED) is 0.785. The minimum absolute atomic E-state index is 0.772. The van der Waals surface area contributed by atoms with Crippen molar-refractivity contribution < 1.29 is 4.79 Å². The predicted octanol–water partition coefficient (Wildman–Crippen LogP) is 3.53. The van der Waals surface area contributed by atoms with E-state index in [0.717, 1.165) is 46.9 Å². The lowest BCUT2D eigenvalue weighted by atomic mass is 9.89. The van der Waals surface area contributed by atoms with Crippen LogP contribution < -0.4 is 4.90 Å². The maximum Gasteiger partial charge on any atom is 0.186 e. The van der Waals surface area contributed by atoms with Gasteiger partial charge in [0.1, 0.15) is 0 Å². The zero-order valence-corrected chi connectivity index (χ0v) is 12.3. The number of carbonyl (C=O) groups excluding carboxylic acids is 1. The third-order valence-corrected chi connectivity index (χ3v) is 5.06. The summed E-state index contributed by atoms with van der Waals surface area (Å²) < 4.78 is 0. The Bertz CT molecular complexity index is 414. The number of aromatic nitrogens is 1. The van der Waals surface area contributed by atoms with Crippen molar-refractivity contribution in [3.8, 4) is 0 Å². The Morgan fingerprint density at radius 1 is 1.39 bits per heavy atom. The van der Waals surface area contributed by atoms with E-state index in [-0.39, 0.29) is 0 Å². The van der Waals surface area contributed by atoms with Crippen molar-refractivity contribution in [2.24, 2.45) is 11.8 Å². The summed E-state index contributed by atoms with van der Waals surface area (Å²) in [6.45, 7) is 8.71. The first-order chi connectivity index (χ1) is 8.61. The molecule has 18 heavy (non-hydrogen) atoms. The van der Waals surface area contributed by atoms with E-state index in [2.05, 4.69) is 23.7 Å². The minimum atomic E-state index is 0.772. The number of aryl methyl sites for hydroxylation is 1. The molecule has 3 nitrogen and oxygen atoms in total. The van der Waals surface area contributed by atoms with Gasteiger partial charge in [0.15, 0.2) is 11.4 Å². The number of anilines is 1. The molecule has 1 aromatic heterocycles. The Hall–Kier alpha value is -0.900. The predicted molar refractivity (Wildman–Crippen MR) is 76.6 cm³/mol. The average molecular weight is 266 g/mol. The van der Waals surface area contributed by atoms with Gasteiger partial charge >= 0.3 is 0 Å². The summed E-state index contributed by atoms with van der Waals surface area (Å²) in [5.74, 6) is 1.61. The highest BCUT2D eigenvalue weighted by molar-refractivity contribution is 7.17. The fourth-order valence-corrected chi connectivity index (χ4v) is 3.55. The van der Waals surface area contributed by atoms with Crippen LogP contribution in [-0.2, 0) is 0 Å². The molecule has 0 bridgehead atoms. The highest BCUT2D eigenvalue weighted by Gasteiger charge is 2.21. The zero-order chi connectivity index (χ0) is 13.1. The largest absolute Gasteiger partial charge is 0.348 e. The lowest BCUT2D eigenvalue weighted by Crippen LogP contribution is -2.24. The molecule has 100 valence electrons. The molecule has 4 heteroatoms. The van der Waals surface area contributed by atoms with E-state index in [1.54, 1.807) is 0 Å². The van der Waals surface area contributed by atoms with Crippen LogP contribution in [0.25, 0.3) is 0 Å². The molecule has 0 aromatic carbocycles. The van der Waals surface area contributed by atoms with Gasteiger partial charge in [-0.1, -0.05) is 25.2 Å². The molecule has 0 amide bonds. The topological polar surface area (TPSA) is 33.2 Å². The van der Waals surface area contributed by atoms with E-state index in [0.29, 0.717) is 0 Å². The first-order valence-electron chi connectivity index (χ1n) is 6.79. The molecule has 2 rings (SSSR count). The average Bonchev–Trinajstić information content (AvgIpc) is 2.58. The van der Waals surface area contributed by atoms with Crippen molar-refractivity contribution in [1.29, 1.82) is 0 Å². The summed E-state index contributed by atoms with van der Waals surface area (Å²) in [5.41, 5.74) is 0.870. The van der Waals surface area contributed by atoms with Crippen molar-refractivity contribution >= 4 is 22.8 Å². The normalized spacial score (nSPS) is 21.1. The van der Waals surface area contributed by atoms with Crippen LogP contribution in [0.5, 0.6) is 0 Å². The second-order valence-corrected chi connectivity index (χ2v) is 6.50. The van der Waals surface area contributed by atoms with E-state index >= 15 is 0 Å². The Kier molecular flexibility index (Phi) is 4.38. The lowest BCUT2D eigenvalue weighted by molar-refractivity contribution is 0.112. The molecule has 0 aliphatic carbocycles. The van der Waals surface area contributed by atoms with Crippen LogP contribution in [0.2, 0.25) is 0 Å². The molecule has 0 radical (unpaired) electrons. The monoisotopic (exact) mass is 266 g/mol. The standard InChI is InChI=1S/C14H22N2OS/c1-10(2)12-5-4-7-16(8-6-12)14-15-11(3)13(9-17)18-14/h9-10,12H,4-8H2,1-3H3. The molecule has 1 saturated heterocycles. The van der Waals surface area contributed by atoms with Crippen LogP contribution in [0.3, 0.4) is 0 Å². The van der Waals surface area contributed by atoms with Gasteiger partial charge in [0, 0.05) is 13.1 Å². The second kappa shape index (κ2) is 5.83. The van der Waals surface area contributed by atoms with Crippen molar-refractivity contribution in [3.05, 3.63) is 10.6 Å². The summed E-state index contributed by atoms with van der Waals surface area (Å²) in [6, 6.07) is 0. The van der Waals surface area contributed by atoms with Gasteiger partial charge in [-0.05, 0) is 38.0 Å². The number of hydrogen-bond acceptors (Lipinski definition) is 4. The van der Waals surface area contributed by atoms with Crippen LogP contribution in [0.4, 0.5) is 5.13 Å². The van der Waals surface area contributed by atoms with Crippen molar-refractivity contribution in [2.45, 2.75) is 40.0 Å². The smallest absolute Gasteiger partial charge is 0.186 e. The van der Waals surface area contributed by atoms with Gasteiger partial charge in [0.2, 0.25) is 0 Å². The van der Waals surface area contributed by atoms with E-state index in [9.17, 15) is 4.79 Å². The van der Waals surface area contributed by atoms with Crippen LogP contribution in [0, 0.1) is 18.8 Å². The molecule has 1 aliphatic rings. The fourth-order valence-electron chi connectivity index (χ4n) is 2.62. The number of aldehydes is 1. The molecule has 1 atom stereocenters. The molecular formula is C14H22N2OS. The SMILES string of the molecule is Cc1nc(N2CCCC(C(C)C)CC2)sc1C=O. The minimum Gasteiger partial charge on any atom is -0.348 e. The molecule has 0 N–H and O–H groups in total. The summed E-state index contributed by atoms with van der Waals surface area (Å²) in [6.07, 6.45) is 4.72. The van der Waals surface area contributed by atoms with Crippen LogP contribution in [0.1, 0.15) is 48.5 Å². The molecule has 1 aromatic rings. The number of rotatable bonds is 3. The molecule has 2 heterocycles. The number of nitrogens with zero attached hydrogens (tertiary/aromatic N) is 2. The first kappa shape index (κ1) is 13.5. The van der Waals surface area contributed by atoms with Gasteiger partial charge in [0.05, 0.1) is 10.6 Å². The second-order valence-electron chi connectivity index (χ2n) is 5.49. The molecule has 0 spiro atoms. The van der Waals surface area contributed by atoms with Crippen LogP contribution in [-0.4, -0.2) is 24.4 Å². The number of hydrogen-bond donors (Lipinski definition) is 0. The third kappa shape index (κ3) is 2.91. The highest BCUT2D eigenvalue weighted by Crippen LogP contribution is 2.30. The van der Waals surface area contributed by atoms with Gasteiger partial charge in [-0.25, -0.2) is 4.98 Å². The van der Waals surface area contributed by atoms with E-state index in [1.165, 1.54) is 30.6 Å². The van der Waals surface area contributed by atoms with E-state index in [4.69, 9.17) is 0 Å². The van der Waals surface area contributed by atoms with Gasteiger partial charge in [-0.3, -0.25) is 4.79 Å². The van der Waals surface area contributed by atoms with Crippen LogP contribution in [0.15, 0.2) is 0 Å². The van der Waals surface area contributed by atoms with Crippen molar-refractivity contribution in [3.63, 3.8) is 0 Å². The molecule has 1 unspecified atom stereocenters. The summed E-state index contributed by atoms with van der Waals surface area (Å²) in [7, 11) is 0. The van der Waals surface area contributed by atoms with E-state index in [1.807, 2.05) is 6.92 Å². The maximum atomic E-state index is 10.9. The molecule has 1 aliphatic heterocycles. The fraction of sp³-hybridized carbons (Fsp3) is 0.714. The Balaban J connectivity index is 2.07. The Morgan fingerprint density at radius 2 is 2.17 bits per heavy atom. The van der Waals surface area contributed by atoms with E-state index < -0.39 is 0 Å². The van der Waals surface area contributed by atoms with Crippen LogP contribution >= 0.6 is 11.3 Å². The molecule has 0 saturated carbocycles. The lowest BCUT2D eigenvalue weighted by Gasteiger charge is -2.20. The summed E-state index contributed by atoms with van der Waals surface area (Å²) in [4.78, 5) is 18.5. The Labute approximate surface area is 113 Å². The first-order valence-corrected chi connectivity index (χ1v) is 7.61. The third-order valence-electron chi connectivity index (χ3n) is 3.91. The number of carbonyl (C=O) groups is 1. The van der Waals surface area contributed by atoms with Crippen molar-refractivity contribution in [2.75, 3.05) is 18.0 Å². The van der Waals surface area contributed by atoms with Gasteiger partial charge < -0.3 is 4.90 Å². The Morgan fingerprint density at radius 3 is 2.78 bits per heavy atom.